The van der Waals surface area contributed by atoms with Crippen LogP contribution in [0.2, 0.25) is 0 Å². The Morgan fingerprint density at radius 2 is 1.78 bits per heavy atom. The van der Waals surface area contributed by atoms with Crippen molar-refractivity contribution in [1.82, 2.24) is 10.3 Å². The molecule has 0 atom stereocenters. The fraction of sp³-hybridized carbons (Fsp3) is 0.158. The number of nitrogens with one attached hydrogen (secondary N) is 2. The molecule has 0 saturated carbocycles. The van der Waals surface area contributed by atoms with Crippen molar-refractivity contribution in [2.45, 2.75) is 13.3 Å². The number of rotatable bonds is 5. The lowest BCUT2D eigenvalue weighted by atomic mass is 10.1. The molecular formula is C19H18N2O2. The number of hydrogen-bond donors (Lipinski definition) is 2. The van der Waals surface area contributed by atoms with Crippen molar-refractivity contribution in [2.24, 2.45) is 0 Å². The van der Waals surface area contributed by atoms with Crippen molar-refractivity contribution >= 4 is 22.6 Å². The molecule has 0 saturated heterocycles. The van der Waals surface area contributed by atoms with Crippen molar-refractivity contribution in [2.75, 3.05) is 6.54 Å². The van der Waals surface area contributed by atoms with Gasteiger partial charge in [0, 0.05) is 29.2 Å². The minimum absolute atomic E-state index is 0.417. The zero-order valence-electron chi connectivity index (χ0n) is 12.9. The summed E-state index contributed by atoms with van der Waals surface area (Å²) < 4.78 is 0. The third-order valence-electron chi connectivity index (χ3n) is 3.87. The van der Waals surface area contributed by atoms with Gasteiger partial charge in [0.2, 0.25) is 5.78 Å². The first kappa shape index (κ1) is 15.0. The molecule has 0 unspecified atom stereocenters. The largest absolute Gasteiger partial charge is 0.361 e. The van der Waals surface area contributed by atoms with Gasteiger partial charge in [-0.25, -0.2) is 0 Å². The van der Waals surface area contributed by atoms with Gasteiger partial charge in [0.05, 0.1) is 0 Å². The van der Waals surface area contributed by atoms with E-state index in [9.17, 15) is 9.59 Å². The van der Waals surface area contributed by atoms with E-state index < -0.39 is 11.7 Å². The lowest BCUT2D eigenvalue weighted by Gasteiger charge is -2.04. The second kappa shape index (κ2) is 6.48. The van der Waals surface area contributed by atoms with Gasteiger partial charge >= 0.3 is 0 Å². The maximum Gasteiger partial charge on any atom is 0.292 e. The fourth-order valence-electron chi connectivity index (χ4n) is 2.57. The second-order valence-electron chi connectivity index (χ2n) is 5.56. The van der Waals surface area contributed by atoms with Crippen LogP contribution in [0.25, 0.3) is 10.9 Å². The van der Waals surface area contributed by atoms with E-state index >= 15 is 0 Å². The normalized spacial score (nSPS) is 10.7. The Morgan fingerprint density at radius 3 is 2.57 bits per heavy atom. The molecule has 0 radical (unpaired) electrons. The Hall–Kier alpha value is -2.88. The first-order chi connectivity index (χ1) is 11.1. The van der Waals surface area contributed by atoms with E-state index in [1.54, 1.807) is 12.1 Å². The number of aromatic nitrogens is 1. The summed E-state index contributed by atoms with van der Waals surface area (Å²) in [7, 11) is 0. The number of carbonyl (C=O) groups is 2. The van der Waals surface area contributed by atoms with Gasteiger partial charge in [-0.05, 0) is 25.0 Å². The van der Waals surface area contributed by atoms with Crippen molar-refractivity contribution in [3.8, 4) is 0 Å². The number of benzene rings is 2. The van der Waals surface area contributed by atoms with Crippen LogP contribution in [0.15, 0.2) is 54.7 Å². The topological polar surface area (TPSA) is 62.0 Å². The van der Waals surface area contributed by atoms with Gasteiger partial charge in [0.1, 0.15) is 0 Å². The van der Waals surface area contributed by atoms with E-state index in [-0.39, 0.29) is 0 Å². The highest BCUT2D eigenvalue weighted by Gasteiger charge is 2.15. The lowest BCUT2D eigenvalue weighted by Crippen LogP contribution is -2.32. The van der Waals surface area contributed by atoms with E-state index in [1.807, 2.05) is 49.5 Å². The molecule has 0 aliphatic rings. The third kappa shape index (κ3) is 3.31. The summed E-state index contributed by atoms with van der Waals surface area (Å²) in [6, 6.07) is 15.0. The average Bonchev–Trinajstić information content (AvgIpc) is 2.98. The minimum atomic E-state index is -0.561. The predicted molar refractivity (Wildman–Crippen MR) is 90.5 cm³/mol. The first-order valence-corrected chi connectivity index (χ1v) is 7.59. The number of Topliss-reactive ketones (excluding diaryl/α,β-unsaturated/α-hetero) is 1. The highest BCUT2D eigenvalue weighted by molar-refractivity contribution is 6.42. The number of hydrogen-bond acceptors (Lipinski definition) is 2. The molecule has 0 aliphatic heterocycles. The van der Waals surface area contributed by atoms with Crippen LogP contribution in [0.3, 0.4) is 0 Å². The summed E-state index contributed by atoms with van der Waals surface area (Å²) in [6.45, 7) is 2.37. The van der Waals surface area contributed by atoms with Gasteiger partial charge in [-0.15, -0.1) is 0 Å². The number of H-pyrrole nitrogens is 1. The van der Waals surface area contributed by atoms with E-state index in [1.165, 1.54) is 0 Å². The van der Waals surface area contributed by atoms with Crippen LogP contribution < -0.4 is 5.32 Å². The van der Waals surface area contributed by atoms with Crippen molar-refractivity contribution in [3.63, 3.8) is 0 Å². The molecule has 116 valence electrons. The molecule has 4 heteroatoms. The van der Waals surface area contributed by atoms with E-state index in [4.69, 9.17) is 0 Å². The number of carbonyl (C=O) groups excluding carboxylic acids is 2. The van der Waals surface area contributed by atoms with Crippen molar-refractivity contribution in [1.29, 1.82) is 0 Å². The Bertz CT molecular complexity index is 847. The number of aryl methyl sites for hydroxylation is 1. The van der Waals surface area contributed by atoms with Gasteiger partial charge in [-0.3, -0.25) is 9.59 Å². The zero-order valence-corrected chi connectivity index (χ0v) is 12.9. The summed E-state index contributed by atoms with van der Waals surface area (Å²) in [4.78, 5) is 27.2. The maximum atomic E-state index is 12.0. The summed E-state index contributed by atoms with van der Waals surface area (Å²) in [5.74, 6) is -1.06. The Balaban J connectivity index is 1.59. The van der Waals surface area contributed by atoms with E-state index in [0.717, 1.165) is 22.0 Å². The number of para-hydroxylation sites is 1. The lowest BCUT2D eigenvalue weighted by molar-refractivity contribution is -0.116. The van der Waals surface area contributed by atoms with E-state index in [2.05, 4.69) is 10.3 Å². The van der Waals surface area contributed by atoms with Crippen LogP contribution in [-0.4, -0.2) is 23.2 Å². The molecular weight excluding hydrogens is 288 g/mol. The van der Waals surface area contributed by atoms with Gasteiger partial charge in [-0.2, -0.15) is 0 Å². The number of amides is 1. The molecule has 2 aromatic carbocycles. The highest BCUT2D eigenvalue weighted by Crippen LogP contribution is 2.17. The molecule has 2 N–H and O–H groups in total. The van der Waals surface area contributed by atoms with Gasteiger partial charge < -0.3 is 10.3 Å². The standard InChI is InChI=1S/C19H18N2O2/c1-13-6-8-14(9-7-13)18(22)19(23)20-11-10-15-12-21-17-5-3-2-4-16(15)17/h2-9,12,21H,10-11H2,1H3,(H,20,23). The third-order valence-corrected chi connectivity index (χ3v) is 3.87. The average molecular weight is 306 g/mol. The Labute approximate surface area is 134 Å². The molecule has 1 heterocycles. The van der Waals surface area contributed by atoms with Crippen LogP contribution in [0.4, 0.5) is 0 Å². The molecule has 4 nitrogen and oxygen atoms in total. The molecule has 0 fully saturated rings. The predicted octanol–water partition coefficient (Wildman–Crippen LogP) is 3.02. The fourth-order valence-corrected chi connectivity index (χ4v) is 2.57. The number of fused-ring (bicyclic) bond motifs is 1. The van der Waals surface area contributed by atoms with Crippen molar-refractivity contribution < 1.29 is 9.59 Å². The van der Waals surface area contributed by atoms with Gasteiger partial charge in [-0.1, -0.05) is 48.0 Å². The molecule has 23 heavy (non-hydrogen) atoms. The summed E-state index contributed by atoms with van der Waals surface area (Å²) in [5, 5.41) is 3.84. The SMILES string of the molecule is Cc1ccc(C(=O)C(=O)NCCc2c[nH]c3ccccc23)cc1. The van der Waals surface area contributed by atoms with E-state index in [0.29, 0.717) is 18.5 Å². The highest BCUT2D eigenvalue weighted by atomic mass is 16.2. The Kier molecular flexibility index (Phi) is 4.24. The molecule has 1 amide bonds. The summed E-state index contributed by atoms with van der Waals surface area (Å²) in [6.07, 6.45) is 2.62. The second-order valence-corrected chi connectivity index (χ2v) is 5.56. The molecule has 0 bridgehead atoms. The smallest absolute Gasteiger partial charge is 0.292 e. The van der Waals surface area contributed by atoms with Crippen LogP contribution >= 0.6 is 0 Å². The zero-order chi connectivity index (χ0) is 16.2. The minimum Gasteiger partial charge on any atom is -0.361 e. The molecule has 0 spiro atoms. The quantitative estimate of drug-likeness (QED) is 0.562. The number of aromatic amines is 1. The monoisotopic (exact) mass is 306 g/mol. The van der Waals surface area contributed by atoms with Crippen molar-refractivity contribution in [3.05, 3.63) is 71.4 Å². The Morgan fingerprint density at radius 1 is 1.04 bits per heavy atom. The molecule has 3 aromatic rings. The molecule has 3 rings (SSSR count). The van der Waals surface area contributed by atoms with Crippen LogP contribution in [0, 0.1) is 6.92 Å². The number of ketones is 1. The molecule has 0 aliphatic carbocycles. The summed E-state index contributed by atoms with van der Waals surface area (Å²) in [5.41, 5.74) is 3.68. The van der Waals surface area contributed by atoms with Crippen LogP contribution in [0.1, 0.15) is 21.5 Å². The maximum absolute atomic E-state index is 12.0. The first-order valence-electron chi connectivity index (χ1n) is 7.59. The summed E-state index contributed by atoms with van der Waals surface area (Å²) >= 11 is 0. The molecule has 1 aromatic heterocycles. The van der Waals surface area contributed by atoms with Crippen LogP contribution in [0.5, 0.6) is 0 Å². The van der Waals surface area contributed by atoms with Crippen LogP contribution in [-0.2, 0) is 11.2 Å². The van der Waals surface area contributed by atoms with Gasteiger partial charge in [0.15, 0.2) is 0 Å². The van der Waals surface area contributed by atoms with Gasteiger partial charge in [0.25, 0.3) is 5.91 Å².